The second kappa shape index (κ2) is 12.3. The Labute approximate surface area is 218 Å². The number of hydrogen-bond acceptors (Lipinski definition) is 6. The molecule has 0 aromatic carbocycles. The summed E-state index contributed by atoms with van der Waals surface area (Å²) in [6.45, 7) is 17.4. The van der Waals surface area contributed by atoms with Gasteiger partial charge >= 0.3 is 5.97 Å². The van der Waals surface area contributed by atoms with Crippen LogP contribution in [0.15, 0.2) is 53.2 Å². The van der Waals surface area contributed by atoms with E-state index in [1.54, 1.807) is 6.08 Å². The van der Waals surface area contributed by atoms with Crippen LogP contribution in [-0.2, 0) is 9.16 Å². The second-order valence-electron chi connectivity index (χ2n) is 11.7. The quantitative estimate of drug-likeness (QED) is 0.140. The smallest absolute Gasteiger partial charge is 0.360 e. The van der Waals surface area contributed by atoms with Crippen molar-refractivity contribution in [1.82, 2.24) is 4.98 Å². The maximum Gasteiger partial charge on any atom is 0.360 e. The van der Waals surface area contributed by atoms with Gasteiger partial charge in [-0.05, 0) is 49.7 Å². The SMILES string of the molecule is C/C=C/[C@H](O[Si](C)(C)C(C)(C)C)C(C)(C)[C@@H](O)C/C=C\C1C[C@@H]1/C=C/C=C\c1nc(C(=O)OC)co1. The van der Waals surface area contributed by atoms with Gasteiger partial charge in [0.2, 0.25) is 5.89 Å². The highest BCUT2D eigenvalue weighted by Gasteiger charge is 2.44. The third kappa shape index (κ3) is 8.15. The fraction of sp³-hybridized carbons (Fsp3) is 0.586. The summed E-state index contributed by atoms with van der Waals surface area (Å²) in [6, 6.07) is 0. The molecule has 1 unspecified atom stereocenters. The molecule has 1 fully saturated rings. The minimum atomic E-state index is -1.98. The van der Waals surface area contributed by atoms with Gasteiger partial charge in [-0.2, -0.15) is 0 Å². The van der Waals surface area contributed by atoms with Gasteiger partial charge in [-0.1, -0.05) is 77.2 Å². The van der Waals surface area contributed by atoms with Crippen molar-refractivity contribution in [3.05, 3.63) is 60.4 Å². The number of aromatic nitrogens is 1. The zero-order valence-electron chi connectivity index (χ0n) is 23.4. The topological polar surface area (TPSA) is 81.8 Å². The van der Waals surface area contributed by atoms with E-state index in [9.17, 15) is 9.90 Å². The first-order chi connectivity index (χ1) is 16.7. The van der Waals surface area contributed by atoms with Gasteiger partial charge in [-0.15, -0.1) is 0 Å². The van der Waals surface area contributed by atoms with Crippen molar-refractivity contribution in [3.63, 3.8) is 0 Å². The number of allylic oxidation sites excluding steroid dienone is 5. The van der Waals surface area contributed by atoms with E-state index >= 15 is 0 Å². The van der Waals surface area contributed by atoms with Crippen LogP contribution in [-0.4, -0.2) is 43.7 Å². The first-order valence-corrected chi connectivity index (χ1v) is 15.7. The third-order valence-electron chi connectivity index (χ3n) is 7.45. The second-order valence-corrected chi connectivity index (χ2v) is 16.5. The number of oxazole rings is 1. The highest BCUT2D eigenvalue weighted by atomic mass is 28.4. The molecule has 0 spiro atoms. The van der Waals surface area contributed by atoms with Crippen molar-refractivity contribution in [3.8, 4) is 0 Å². The molecule has 0 amide bonds. The van der Waals surface area contributed by atoms with E-state index in [-0.39, 0.29) is 16.8 Å². The van der Waals surface area contributed by atoms with Crippen LogP contribution >= 0.6 is 0 Å². The average Bonchev–Trinajstić information content (AvgIpc) is 3.36. The van der Waals surface area contributed by atoms with Gasteiger partial charge in [0.15, 0.2) is 14.0 Å². The number of aliphatic hydroxyl groups excluding tert-OH is 1. The molecule has 0 aliphatic heterocycles. The summed E-state index contributed by atoms with van der Waals surface area (Å²) in [4.78, 5) is 15.5. The lowest BCUT2D eigenvalue weighted by molar-refractivity contribution is -0.0181. The monoisotopic (exact) mass is 515 g/mol. The van der Waals surface area contributed by atoms with E-state index < -0.39 is 25.8 Å². The lowest BCUT2D eigenvalue weighted by Gasteiger charge is -2.44. The molecule has 1 aromatic rings. The molecule has 200 valence electrons. The van der Waals surface area contributed by atoms with Gasteiger partial charge in [0.25, 0.3) is 0 Å². The maximum atomic E-state index is 11.4. The summed E-state index contributed by atoms with van der Waals surface area (Å²) in [5.74, 6) is 0.824. The molecule has 1 aliphatic carbocycles. The lowest BCUT2D eigenvalue weighted by Crippen LogP contribution is -2.50. The van der Waals surface area contributed by atoms with Crippen LogP contribution in [0.5, 0.6) is 0 Å². The molecular formula is C29H45NO5Si. The molecule has 4 atom stereocenters. The maximum absolute atomic E-state index is 11.4. The van der Waals surface area contributed by atoms with E-state index in [0.717, 1.165) is 6.42 Å². The summed E-state index contributed by atoms with van der Waals surface area (Å²) < 4.78 is 16.6. The lowest BCUT2D eigenvalue weighted by atomic mass is 9.79. The number of methoxy groups -OCH3 is 1. The molecule has 2 rings (SSSR count). The van der Waals surface area contributed by atoms with Gasteiger partial charge < -0.3 is 18.7 Å². The predicted octanol–water partition coefficient (Wildman–Crippen LogP) is 6.97. The fourth-order valence-electron chi connectivity index (χ4n) is 3.57. The zero-order valence-corrected chi connectivity index (χ0v) is 24.4. The Morgan fingerprint density at radius 3 is 2.50 bits per heavy atom. The van der Waals surface area contributed by atoms with E-state index in [2.05, 4.69) is 81.7 Å². The highest BCUT2D eigenvalue weighted by molar-refractivity contribution is 6.74. The molecule has 1 N–H and O–H groups in total. The third-order valence-corrected chi connectivity index (χ3v) is 11.9. The predicted molar refractivity (Wildman–Crippen MR) is 148 cm³/mol. The molecular weight excluding hydrogens is 470 g/mol. The van der Waals surface area contributed by atoms with Gasteiger partial charge in [0.1, 0.15) is 6.26 Å². The first kappa shape index (κ1) is 30.0. The zero-order chi connectivity index (χ0) is 27.1. The van der Waals surface area contributed by atoms with Gasteiger partial charge in [0.05, 0.1) is 19.3 Å². The number of rotatable bonds is 12. The highest BCUT2D eigenvalue weighted by Crippen LogP contribution is 2.42. The largest absolute Gasteiger partial charge is 0.464 e. The Balaban J connectivity index is 1.87. The summed E-state index contributed by atoms with van der Waals surface area (Å²) in [6.07, 6.45) is 18.5. The van der Waals surface area contributed by atoms with E-state index in [1.807, 2.05) is 25.2 Å². The number of esters is 1. The molecule has 1 heterocycles. The number of aliphatic hydroxyl groups is 1. The number of carbonyl (C=O) groups excluding carboxylic acids is 1. The van der Waals surface area contributed by atoms with Crippen LogP contribution in [0.1, 0.15) is 70.8 Å². The van der Waals surface area contributed by atoms with Gasteiger partial charge in [-0.25, -0.2) is 9.78 Å². The van der Waals surface area contributed by atoms with Crippen LogP contribution in [0.2, 0.25) is 18.1 Å². The molecule has 6 nitrogen and oxygen atoms in total. The Morgan fingerprint density at radius 1 is 1.22 bits per heavy atom. The van der Waals surface area contributed by atoms with Crippen molar-refractivity contribution >= 4 is 20.4 Å². The number of hydrogen-bond donors (Lipinski definition) is 1. The standard InChI is InChI=1S/C29H45NO5Si/c1-10-14-25(35-36(8,9)28(2,3)4)29(5,6)24(31)17-13-16-22-19-21(22)15-11-12-18-26-30-23(20-34-26)27(32)33-7/h10-16,18,20-22,24-25,31H,17,19H2,1-9H3/b14-10+,15-11+,16-13-,18-12-/t21-,22?,24-,25-/m0/s1. The van der Waals surface area contributed by atoms with Gasteiger partial charge in [0, 0.05) is 11.5 Å². The van der Waals surface area contributed by atoms with Crippen molar-refractivity contribution in [2.45, 2.75) is 84.7 Å². The molecule has 1 aliphatic rings. The first-order valence-electron chi connectivity index (χ1n) is 12.8. The minimum Gasteiger partial charge on any atom is -0.464 e. The Kier molecular flexibility index (Phi) is 10.3. The summed E-state index contributed by atoms with van der Waals surface area (Å²) in [5.41, 5.74) is -0.254. The fourth-order valence-corrected chi connectivity index (χ4v) is 4.94. The van der Waals surface area contributed by atoms with Crippen LogP contribution < -0.4 is 0 Å². The number of nitrogens with zero attached hydrogens (tertiary/aromatic N) is 1. The molecule has 0 bridgehead atoms. The van der Waals surface area contributed by atoms with E-state index in [0.29, 0.717) is 24.1 Å². The molecule has 0 saturated heterocycles. The van der Waals surface area contributed by atoms with Gasteiger partial charge in [-0.3, -0.25) is 0 Å². The van der Waals surface area contributed by atoms with Crippen molar-refractivity contribution < 1.29 is 23.5 Å². The average molecular weight is 516 g/mol. The normalized spacial score (nSPS) is 21.2. The molecule has 36 heavy (non-hydrogen) atoms. The molecule has 0 radical (unpaired) electrons. The van der Waals surface area contributed by atoms with Crippen molar-refractivity contribution in [2.75, 3.05) is 7.11 Å². The molecule has 1 aromatic heterocycles. The minimum absolute atomic E-state index is 0.109. The number of ether oxygens (including phenoxy) is 1. The Bertz CT molecular complexity index is 980. The van der Waals surface area contributed by atoms with Crippen molar-refractivity contribution in [1.29, 1.82) is 0 Å². The van der Waals surface area contributed by atoms with E-state index in [1.165, 1.54) is 13.4 Å². The summed E-state index contributed by atoms with van der Waals surface area (Å²) in [7, 11) is -0.669. The summed E-state index contributed by atoms with van der Waals surface area (Å²) >= 11 is 0. The Hall–Kier alpha value is -2.22. The van der Waals surface area contributed by atoms with Crippen LogP contribution in [0.25, 0.3) is 6.08 Å². The number of carbonyl (C=O) groups is 1. The van der Waals surface area contributed by atoms with Crippen molar-refractivity contribution in [2.24, 2.45) is 17.3 Å². The summed E-state index contributed by atoms with van der Waals surface area (Å²) in [5, 5.41) is 11.2. The van der Waals surface area contributed by atoms with Crippen LogP contribution in [0.3, 0.4) is 0 Å². The van der Waals surface area contributed by atoms with E-state index in [4.69, 9.17) is 8.84 Å². The molecule has 1 saturated carbocycles. The van der Waals surface area contributed by atoms with Crippen LogP contribution in [0.4, 0.5) is 0 Å². The Morgan fingerprint density at radius 2 is 1.89 bits per heavy atom. The molecule has 7 heteroatoms. The van der Waals surface area contributed by atoms with Crippen LogP contribution in [0, 0.1) is 17.3 Å².